The van der Waals surface area contributed by atoms with E-state index in [0.29, 0.717) is 20.1 Å². The van der Waals surface area contributed by atoms with Gasteiger partial charge in [-0.2, -0.15) is 0 Å². The molecule has 5 heteroatoms. The van der Waals surface area contributed by atoms with Crippen LogP contribution in [0.1, 0.15) is 12.8 Å². The van der Waals surface area contributed by atoms with Gasteiger partial charge in [0.25, 0.3) is 0 Å². The van der Waals surface area contributed by atoms with Gasteiger partial charge < -0.3 is 0 Å². The molecule has 0 aliphatic heterocycles. The zero-order valence-corrected chi connectivity index (χ0v) is 5.49. The van der Waals surface area contributed by atoms with E-state index in [0.717, 1.165) is 6.11 Å². The predicted octanol–water partition coefficient (Wildman–Crippen LogP) is -0.0708. The first-order valence-electron chi connectivity index (χ1n) is 2.92. The van der Waals surface area contributed by atoms with Crippen molar-refractivity contribution in [2.24, 2.45) is 4.99 Å². The van der Waals surface area contributed by atoms with Crippen LogP contribution < -0.4 is 0 Å². The van der Waals surface area contributed by atoms with Crippen molar-refractivity contribution in [2.45, 2.75) is 12.8 Å². The van der Waals surface area contributed by atoms with Crippen LogP contribution in [0.4, 0.5) is 0 Å². The number of carbonyl (C=O) groups is 1. The Bertz CT molecular complexity index is 146. The first-order valence-corrected chi connectivity index (χ1v) is 2.92. The molecule has 54 valence electrons. The fraction of sp³-hybridized carbons (Fsp3) is 0.600. The number of rotatable bonds is 5. The predicted molar refractivity (Wildman–Crippen MR) is 36.7 cm³/mol. The van der Waals surface area contributed by atoms with Gasteiger partial charge in [-0.05, 0) is 0 Å². The molecule has 0 aromatic rings. The minimum atomic E-state index is -0.832. The summed E-state index contributed by atoms with van der Waals surface area (Å²) in [5.74, 6) is -0.832. The summed E-state index contributed by atoms with van der Waals surface area (Å²) in [6.07, 6.45) is 1.72. The van der Waals surface area contributed by atoms with Gasteiger partial charge in [-0.3, -0.25) is 0 Å². The number of hydrogen-bond acceptors (Lipinski definition) is 3. The first-order chi connectivity index (χ1) is 4.77. The SMILES string of the molecule is O=B/C=N/CCCC(=O)O. The average Bonchev–Trinajstić information content (AvgIpc) is 1.87. The van der Waals surface area contributed by atoms with Gasteiger partial charge in [0.2, 0.25) is 0 Å². The van der Waals surface area contributed by atoms with E-state index >= 15 is 0 Å². The van der Waals surface area contributed by atoms with Crippen LogP contribution in [0.2, 0.25) is 0 Å². The molecule has 0 aliphatic carbocycles. The summed E-state index contributed by atoms with van der Waals surface area (Å²) in [5.41, 5.74) is 0. The van der Waals surface area contributed by atoms with Gasteiger partial charge in [0.05, 0.1) is 0 Å². The summed E-state index contributed by atoms with van der Waals surface area (Å²) in [6, 6.07) is 0. The summed E-state index contributed by atoms with van der Waals surface area (Å²) >= 11 is 0. The van der Waals surface area contributed by atoms with Crippen LogP contribution in [0.15, 0.2) is 4.99 Å². The van der Waals surface area contributed by atoms with Crippen molar-refractivity contribution in [3.8, 4) is 0 Å². The Morgan fingerprint density at radius 1 is 1.70 bits per heavy atom. The molecule has 0 spiro atoms. The Kier molecular flexibility index (Phi) is 5.52. The zero-order chi connectivity index (χ0) is 7.82. The number of aliphatic imine (C=N–C) groups is 1. The molecule has 0 rings (SSSR count). The van der Waals surface area contributed by atoms with E-state index < -0.39 is 5.97 Å². The molecule has 0 radical (unpaired) electrons. The van der Waals surface area contributed by atoms with Gasteiger partial charge >= 0.3 is 58.2 Å². The fourth-order valence-electron chi connectivity index (χ4n) is 0.439. The molecule has 10 heavy (non-hydrogen) atoms. The van der Waals surface area contributed by atoms with E-state index in [9.17, 15) is 9.50 Å². The molecular weight excluding hydrogens is 133 g/mol. The molecule has 0 aliphatic rings. The third-order valence-corrected chi connectivity index (χ3v) is 0.844. The molecule has 0 aromatic heterocycles. The second-order valence-corrected chi connectivity index (χ2v) is 1.69. The molecule has 0 heterocycles. The van der Waals surface area contributed by atoms with Crippen LogP contribution in [0.25, 0.3) is 0 Å². The summed E-state index contributed by atoms with van der Waals surface area (Å²) in [5, 5.41) is 8.15. The summed E-state index contributed by atoms with van der Waals surface area (Å²) < 4.78 is 9.64. The van der Waals surface area contributed by atoms with Crippen LogP contribution in [-0.4, -0.2) is 30.9 Å². The van der Waals surface area contributed by atoms with E-state index in [1.165, 1.54) is 0 Å². The second-order valence-electron chi connectivity index (χ2n) is 1.69. The quantitative estimate of drug-likeness (QED) is 0.331. The van der Waals surface area contributed by atoms with Crippen molar-refractivity contribution in [3.63, 3.8) is 0 Å². The van der Waals surface area contributed by atoms with E-state index in [1.54, 1.807) is 0 Å². The molecular formula is C5H8BNO3. The van der Waals surface area contributed by atoms with Crippen molar-refractivity contribution < 1.29 is 14.6 Å². The van der Waals surface area contributed by atoms with E-state index in [1.807, 2.05) is 0 Å². The van der Waals surface area contributed by atoms with Crippen LogP contribution in [0, 0.1) is 0 Å². The van der Waals surface area contributed by atoms with Crippen molar-refractivity contribution in [2.75, 3.05) is 6.54 Å². The van der Waals surface area contributed by atoms with Gasteiger partial charge in [-0.15, -0.1) is 0 Å². The summed E-state index contributed by atoms with van der Waals surface area (Å²) in [4.78, 5) is 13.5. The Hall–Kier alpha value is -0.995. The average molecular weight is 141 g/mol. The number of hydrogen-bond donors (Lipinski definition) is 1. The van der Waals surface area contributed by atoms with Crippen molar-refractivity contribution >= 4 is 19.2 Å². The molecule has 0 saturated heterocycles. The molecule has 0 aromatic carbocycles. The number of carboxylic acid groups (broad SMARTS) is 1. The van der Waals surface area contributed by atoms with Gasteiger partial charge in [0.1, 0.15) is 0 Å². The Labute approximate surface area is 59.2 Å². The molecule has 0 saturated carbocycles. The molecule has 1 N–H and O–H groups in total. The van der Waals surface area contributed by atoms with Gasteiger partial charge in [-0.1, -0.05) is 0 Å². The van der Waals surface area contributed by atoms with Crippen molar-refractivity contribution in [3.05, 3.63) is 0 Å². The molecule has 0 bridgehead atoms. The van der Waals surface area contributed by atoms with Gasteiger partial charge in [0.15, 0.2) is 0 Å². The minimum absolute atomic E-state index is 0.107. The third kappa shape index (κ3) is 7.00. The first kappa shape index (κ1) is 9.00. The Morgan fingerprint density at radius 2 is 2.40 bits per heavy atom. The van der Waals surface area contributed by atoms with Crippen LogP contribution in [-0.2, 0) is 9.50 Å². The molecule has 0 amide bonds. The molecule has 4 nitrogen and oxygen atoms in total. The van der Waals surface area contributed by atoms with Gasteiger partial charge in [0, 0.05) is 0 Å². The molecule has 0 fully saturated rings. The second kappa shape index (κ2) is 6.13. The van der Waals surface area contributed by atoms with E-state index in [-0.39, 0.29) is 6.42 Å². The molecule has 0 atom stereocenters. The van der Waals surface area contributed by atoms with Crippen LogP contribution >= 0.6 is 0 Å². The van der Waals surface area contributed by atoms with Crippen LogP contribution in [0.5, 0.6) is 0 Å². The van der Waals surface area contributed by atoms with Crippen molar-refractivity contribution in [1.29, 1.82) is 0 Å². The summed E-state index contributed by atoms with van der Waals surface area (Å²) in [6.45, 7) is 0.408. The Balaban J connectivity index is 3.12. The van der Waals surface area contributed by atoms with Gasteiger partial charge in [-0.25, -0.2) is 0 Å². The number of carboxylic acids is 1. The monoisotopic (exact) mass is 141 g/mol. The fourth-order valence-corrected chi connectivity index (χ4v) is 0.439. The summed E-state index contributed by atoms with van der Waals surface area (Å²) in [7, 11) is 0.570. The van der Waals surface area contributed by atoms with E-state index in [2.05, 4.69) is 4.99 Å². The third-order valence-electron chi connectivity index (χ3n) is 0.844. The van der Waals surface area contributed by atoms with Crippen LogP contribution in [0.3, 0.4) is 0 Å². The normalized spacial score (nSPS) is 9.60. The molecule has 0 unspecified atom stereocenters. The number of nitrogens with zero attached hydrogens (tertiary/aromatic N) is 1. The Morgan fingerprint density at radius 3 is 2.90 bits per heavy atom. The number of aliphatic carboxylic acids is 1. The van der Waals surface area contributed by atoms with Crippen molar-refractivity contribution in [1.82, 2.24) is 0 Å². The standard InChI is InChI=1S/C5H8BNO3/c8-5(9)2-1-3-7-4-6-10/h4H,1-3H2,(H,8,9)/b7-4+. The maximum atomic E-state index is 9.91. The maximum absolute atomic E-state index is 9.91. The van der Waals surface area contributed by atoms with E-state index in [4.69, 9.17) is 5.11 Å². The topological polar surface area (TPSA) is 66.7 Å². The zero-order valence-electron chi connectivity index (χ0n) is 5.49.